The van der Waals surface area contributed by atoms with E-state index in [-0.39, 0.29) is 0 Å². The number of aromatic nitrogens is 2. The standard InChI is InChI=1S/C12H13BrClN3/c13-12-10-6-9(14)2-4-17(10)11(16-12)5-8-1-3-15-7-8/h2,4,6,8,15H,1,3,5,7H2. The average molecular weight is 315 g/mol. The molecule has 17 heavy (non-hydrogen) atoms. The van der Waals surface area contributed by atoms with Gasteiger partial charge in [-0.1, -0.05) is 11.6 Å². The molecule has 2 aromatic heterocycles. The molecular weight excluding hydrogens is 302 g/mol. The highest BCUT2D eigenvalue weighted by molar-refractivity contribution is 9.10. The summed E-state index contributed by atoms with van der Waals surface area (Å²) in [4.78, 5) is 4.59. The van der Waals surface area contributed by atoms with Crippen LogP contribution in [0.1, 0.15) is 12.2 Å². The highest BCUT2D eigenvalue weighted by Gasteiger charge is 2.18. The second kappa shape index (κ2) is 4.59. The number of imidazole rings is 1. The van der Waals surface area contributed by atoms with Gasteiger partial charge in [0.2, 0.25) is 0 Å². The molecule has 3 nitrogen and oxygen atoms in total. The van der Waals surface area contributed by atoms with Crippen LogP contribution in [0.2, 0.25) is 5.02 Å². The molecule has 0 spiro atoms. The van der Waals surface area contributed by atoms with E-state index >= 15 is 0 Å². The van der Waals surface area contributed by atoms with Crippen LogP contribution in [0.25, 0.3) is 5.52 Å². The van der Waals surface area contributed by atoms with Crippen LogP contribution in [0.3, 0.4) is 0 Å². The van der Waals surface area contributed by atoms with E-state index in [0.29, 0.717) is 5.92 Å². The van der Waals surface area contributed by atoms with Crippen molar-refractivity contribution >= 4 is 33.0 Å². The molecule has 1 fully saturated rings. The predicted octanol–water partition coefficient (Wildman–Crippen LogP) is 2.90. The minimum Gasteiger partial charge on any atom is -0.316 e. The molecule has 1 saturated heterocycles. The summed E-state index contributed by atoms with van der Waals surface area (Å²) in [6.45, 7) is 2.22. The third-order valence-electron chi connectivity index (χ3n) is 3.27. The summed E-state index contributed by atoms with van der Waals surface area (Å²) in [5.41, 5.74) is 1.04. The Hall–Kier alpha value is -0.580. The number of pyridine rings is 1. The summed E-state index contributed by atoms with van der Waals surface area (Å²) >= 11 is 9.49. The van der Waals surface area contributed by atoms with Gasteiger partial charge in [-0.15, -0.1) is 0 Å². The van der Waals surface area contributed by atoms with Gasteiger partial charge in [-0.3, -0.25) is 0 Å². The number of halogens is 2. The van der Waals surface area contributed by atoms with Gasteiger partial charge in [0, 0.05) is 17.6 Å². The first kappa shape index (κ1) is 11.5. The van der Waals surface area contributed by atoms with Crippen LogP contribution in [0.5, 0.6) is 0 Å². The van der Waals surface area contributed by atoms with E-state index in [2.05, 4.69) is 30.6 Å². The third-order valence-corrected chi connectivity index (χ3v) is 4.09. The molecule has 1 atom stereocenters. The molecule has 0 saturated carbocycles. The van der Waals surface area contributed by atoms with Crippen molar-refractivity contribution in [3.63, 3.8) is 0 Å². The summed E-state index contributed by atoms with van der Waals surface area (Å²) in [5, 5.41) is 4.13. The summed E-state index contributed by atoms with van der Waals surface area (Å²) in [6.07, 6.45) is 4.24. The normalized spacial score (nSPS) is 20.2. The van der Waals surface area contributed by atoms with E-state index in [4.69, 9.17) is 11.6 Å². The lowest BCUT2D eigenvalue weighted by Crippen LogP contribution is -2.12. The Balaban J connectivity index is 1.98. The molecule has 0 radical (unpaired) electrons. The monoisotopic (exact) mass is 313 g/mol. The van der Waals surface area contributed by atoms with Crippen molar-refractivity contribution in [2.75, 3.05) is 13.1 Å². The first-order valence-corrected chi connectivity index (χ1v) is 6.94. The lowest BCUT2D eigenvalue weighted by atomic mass is 10.1. The van der Waals surface area contributed by atoms with Gasteiger partial charge in [0.05, 0.1) is 5.52 Å². The van der Waals surface area contributed by atoms with Gasteiger partial charge in [0.1, 0.15) is 10.4 Å². The molecule has 1 aliphatic heterocycles. The van der Waals surface area contributed by atoms with Crippen LogP contribution < -0.4 is 5.32 Å². The van der Waals surface area contributed by atoms with Crippen molar-refractivity contribution in [1.82, 2.24) is 14.7 Å². The quantitative estimate of drug-likeness (QED) is 0.923. The number of hydrogen-bond donors (Lipinski definition) is 1. The van der Waals surface area contributed by atoms with Crippen LogP contribution in [-0.4, -0.2) is 22.5 Å². The Morgan fingerprint density at radius 2 is 2.47 bits per heavy atom. The van der Waals surface area contributed by atoms with E-state index in [1.807, 2.05) is 18.3 Å². The second-order valence-corrected chi connectivity index (χ2v) is 5.67. The summed E-state index contributed by atoms with van der Waals surface area (Å²) in [7, 11) is 0. The number of fused-ring (bicyclic) bond motifs is 1. The summed E-state index contributed by atoms with van der Waals surface area (Å²) < 4.78 is 3.00. The van der Waals surface area contributed by atoms with Gasteiger partial charge in [0.25, 0.3) is 0 Å². The summed E-state index contributed by atoms with van der Waals surface area (Å²) in [5.74, 6) is 1.81. The third kappa shape index (κ3) is 2.21. The molecule has 0 aliphatic carbocycles. The number of rotatable bonds is 2. The first-order chi connectivity index (χ1) is 8.24. The molecule has 1 N–H and O–H groups in total. The molecule has 5 heteroatoms. The lowest BCUT2D eigenvalue weighted by molar-refractivity contribution is 0.560. The van der Waals surface area contributed by atoms with Gasteiger partial charge in [-0.05, 0) is 53.5 Å². The molecule has 3 heterocycles. The van der Waals surface area contributed by atoms with Crippen molar-refractivity contribution in [2.24, 2.45) is 5.92 Å². The van der Waals surface area contributed by atoms with Crippen molar-refractivity contribution in [3.8, 4) is 0 Å². The zero-order chi connectivity index (χ0) is 11.8. The number of nitrogens with one attached hydrogen (secondary N) is 1. The lowest BCUT2D eigenvalue weighted by Gasteiger charge is -2.06. The predicted molar refractivity (Wildman–Crippen MR) is 72.6 cm³/mol. The van der Waals surface area contributed by atoms with Crippen molar-refractivity contribution in [3.05, 3.63) is 33.8 Å². The van der Waals surface area contributed by atoms with Crippen LogP contribution in [-0.2, 0) is 6.42 Å². The number of nitrogens with zero attached hydrogens (tertiary/aromatic N) is 2. The molecule has 0 amide bonds. The zero-order valence-electron chi connectivity index (χ0n) is 9.29. The molecule has 0 aromatic carbocycles. The Bertz CT molecular complexity index is 546. The van der Waals surface area contributed by atoms with Gasteiger partial charge >= 0.3 is 0 Å². The Morgan fingerprint density at radius 1 is 1.59 bits per heavy atom. The van der Waals surface area contributed by atoms with Crippen molar-refractivity contribution in [2.45, 2.75) is 12.8 Å². The van der Waals surface area contributed by atoms with Crippen LogP contribution in [0, 0.1) is 5.92 Å². The van der Waals surface area contributed by atoms with Gasteiger partial charge in [0.15, 0.2) is 0 Å². The topological polar surface area (TPSA) is 29.3 Å². The maximum atomic E-state index is 6.00. The molecule has 90 valence electrons. The van der Waals surface area contributed by atoms with Gasteiger partial charge in [-0.2, -0.15) is 0 Å². The fraction of sp³-hybridized carbons (Fsp3) is 0.417. The smallest absolute Gasteiger partial charge is 0.132 e. The van der Waals surface area contributed by atoms with Crippen LogP contribution in [0.4, 0.5) is 0 Å². The van der Waals surface area contributed by atoms with E-state index < -0.39 is 0 Å². The minimum absolute atomic E-state index is 0.697. The molecule has 0 bridgehead atoms. The van der Waals surface area contributed by atoms with E-state index in [1.165, 1.54) is 6.42 Å². The number of hydrogen-bond acceptors (Lipinski definition) is 2. The Kier molecular flexibility index (Phi) is 3.11. The summed E-state index contributed by atoms with van der Waals surface area (Å²) in [6, 6.07) is 3.84. The SMILES string of the molecule is Clc1ccn2c(CC3CCNC3)nc(Br)c2c1. The Morgan fingerprint density at radius 3 is 3.24 bits per heavy atom. The highest BCUT2D eigenvalue weighted by atomic mass is 79.9. The van der Waals surface area contributed by atoms with Crippen LogP contribution in [0.15, 0.2) is 22.9 Å². The fourth-order valence-corrected chi connectivity index (χ4v) is 3.04. The minimum atomic E-state index is 0.697. The van der Waals surface area contributed by atoms with Crippen molar-refractivity contribution < 1.29 is 0 Å². The molecule has 1 aliphatic rings. The first-order valence-electron chi connectivity index (χ1n) is 5.77. The fourth-order valence-electron chi connectivity index (χ4n) is 2.37. The molecular formula is C12H13BrClN3. The largest absolute Gasteiger partial charge is 0.316 e. The molecule has 3 rings (SSSR count). The van der Waals surface area contributed by atoms with E-state index in [9.17, 15) is 0 Å². The average Bonchev–Trinajstić information content (AvgIpc) is 2.89. The van der Waals surface area contributed by atoms with Gasteiger partial charge < -0.3 is 9.72 Å². The second-order valence-electron chi connectivity index (χ2n) is 4.48. The van der Waals surface area contributed by atoms with Gasteiger partial charge in [-0.25, -0.2) is 4.98 Å². The zero-order valence-corrected chi connectivity index (χ0v) is 11.6. The maximum absolute atomic E-state index is 6.00. The molecule has 1 unspecified atom stereocenters. The van der Waals surface area contributed by atoms with E-state index in [0.717, 1.165) is 40.5 Å². The molecule has 2 aromatic rings. The Labute approximate surface area is 113 Å². The van der Waals surface area contributed by atoms with Crippen LogP contribution >= 0.6 is 27.5 Å². The highest BCUT2D eigenvalue weighted by Crippen LogP contribution is 2.24. The maximum Gasteiger partial charge on any atom is 0.132 e. The van der Waals surface area contributed by atoms with Crippen molar-refractivity contribution in [1.29, 1.82) is 0 Å². The van der Waals surface area contributed by atoms with E-state index in [1.54, 1.807) is 0 Å².